The summed E-state index contributed by atoms with van der Waals surface area (Å²) in [6.45, 7) is 2.45. The Morgan fingerprint density at radius 1 is 1.38 bits per heavy atom. The van der Waals surface area contributed by atoms with Gasteiger partial charge in [0, 0.05) is 13.1 Å². The minimum absolute atomic E-state index is 0.0437. The van der Waals surface area contributed by atoms with E-state index in [1.54, 1.807) is 0 Å². The zero-order valence-corrected chi connectivity index (χ0v) is 14.1. The van der Waals surface area contributed by atoms with Gasteiger partial charge in [-0.05, 0) is 30.5 Å². The molecule has 1 aromatic heterocycles. The average molecular weight is 364 g/mol. The molecular weight excluding hydrogens is 346 g/mol. The second-order valence-electron chi connectivity index (χ2n) is 6.16. The fourth-order valence-electron chi connectivity index (χ4n) is 2.94. The first-order valence-electron chi connectivity index (χ1n) is 8.26. The molecule has 9 heteroatoms. The lowest BCUT2D eigenvalue weighted by Crippen LogP contribution is -2.35. The molecule has 138 valence electrons. The van der Waals surface area contributed by atoms with Gasteiger partial charge in [0.1, 0.15) is 5.41 Å². The molecule has 2 N–H and O–H groups in total. The molecule has 3 rings (SSSR count). The van der Waals surface area contributed by atoms with Gasteiger partial charge in [-0.1, -0.05) is 18.1 Å². The van der Waals surface area contributed by atoms with Crippen LogP contribution in [0.3, 0.4) is 0 Å². The maximum absolute atomic E-state index is 13.1. The number of hydrogen-bond donors (Lipinski definition) is 2. The number of aromatic nitrogens is 2. The Morgan fingerprint density at radius 3 is 2.85 bits per heavy atom. The third-order valence-corrected chi connectivity index (χ3v) is 4.55. The molecule has 1 aliphatic rings. The summed E-state index contributed by atoms with van der Waals surface area (Å²) in [5, 5.41) is 9.10. The number of rotatable bonds is 6. The Balaban J connectivity index is 1.61. The van der Waals surface area contributed by atoms with Crippen molar-refractivity contribution in [2.24, 2.45) is 0 Å². The number of amides is 2. The van der Waals surface area contributed by atoms with Crippen molar-refractivity contribution >= 4 is 11.8 Å². The molecule has 0 spiro atoms. The number of hydrogen-bond acceptors (Lipinski definition) is 5. The Morgan fingerprint density at radius 2 is 2.19 bits per heavy atom. The molecule has 0 aliphatic carbocycles. The lowest BCUT2D eigenvalue weighted by Gasteiger charge is -2.18. The second kappa shape index (κ2) is 7.19. The Labute approximate surface area is 148 Å². The molecule has 1 unspecified atom stereocenters. The molecule has 2 amide bonds. The molecule has 1 aromatic carbocycles. The first kappa shape index (κ1) is 18.0. The summed E-state index contributed by atoms with van der Waals surface area (Å²) in [4.78, 5) is 28.3. The summed E-state index contributed by atoms with van der Waals surface area (Å²) in [6, 6.07) is 3.40. The van der Waals surface area contributed by atoms with Crippen molar-refractivity contribution in [2.75, 3.05) is 6.54 Å². The highest BCUT2D eigenvalue weighted by molar-refractivity contribution is 5.89. The third kappa shape index (κ3) is 3.42. The molecule has 26 heavy (non-hydrogen) atoms. The van der Waals surface area contributed by atoms with Crippen LogP contribution in [0.2, 0.25) is 0 Å². The van der Waals surface area contributed by atoms with Gasteiger partial charge >= 0.3 is 0 Å². The van der Waals surface area contributed by atoms with Gasteiger partial charge in [0.05, 0.1) is 6.42 Å². The summed E-state index contributed by atoms with van der Waals surface area (Å²) in [5.41, 5.74) is -0.411. The third-order valence-electron chi connectivity index (χ3n) is 4.55. The molecule has 2 heterocycles. The van der Waals surface area contributed by atoms with E-state index in [0.717, 1.165) is 12.1 Å². The van der Waals surface area contributed by atoms with Gasteiger partial charge in [-0.25, -0.2) is 8.78 Å². The monoisotopic (exact) mass is 364 g/mol. The van der Waals surface area contributed by atoms with Crippen LogP contribution in [0.5, 0.6) is 0 Å². The predicted molar refractivity (Wildman–Crippen MR) is 85.8 cm³/mol. The van der Waals surface area contributed by atoms with E-state index in [9.17, 15) is 18.4 Å². The zero-order chi connectivity index (χ0) is 18.7. The van der Waals surface area contributed by atoms with Crippen LogP contribution < -0.4 is 10.6 Å². The molecule has 0 bridgehead atoms. The number of halogens is 2. The topological polar surface area (TPSA) is 97.1 Å². The van der Waals surface area contributed by atoms with Gasteiger partial charge in [-0.15, -0.1) is 0 Å². The molecule has 2 aromatic rings. The average Bonchev–Trinajstić information content (AvgIpc) is 3.23. The van der Waals surface area contributed by atoms with E-state index in [4.69, 9.17) is 4.52 Å². The van der Waals surface area contributed by atoms with Crippen LogP contribution in [0.15, 0.2) is 22.7 Å². The van der Waals surface area contributed by atoms with Crippen LogP contribution in [-0.2, 0) is 28.0 Å². The molecular formula is C17H18F2N4O3. The lowest BCUT2D eigenvalue weighted by molar-refractivity contribution is -0.125. The molecule has 1 saturated heterocycles. The summed E-state index contributed by atoms with van der Waals surface area (Å²) in [5.74, 6) is -2.10. The van der Waals surface area contributed by atoms with Crippen LogP contribution in [0.25, 0.3) is 0 Å². The standard InChI is InChI=1S/C17H18F2N4O3/c1-2-17(5-6-20-15(17)25)16-22-13(23-26-16)8-14(24)21-9-10-3-4-11(18)12(19)7-10/h3-4,7H,2,5-6,8-9H2,1H3,(H,20,25)(H,21,24). The minimum Gasteiger partial charge on any atom is -0.355 e. The van der Waals surface area contributed by atoms with Gasteiger partial charge < -0.3 is 15.2 Å². The van der Waals surface area contributed by atoms with E-state index in [-0.39, 0.29) is 30.6 Å². The van der Waals surface area contributed by atoms with E-state index < -0.39 is 23.0 Å². The van der Waals surface area contributed by atoms with Crippen LogP contribution in [0.1, 0.15) is 37.0 Å². The smallest absolute Gasteiger partial charge is 0.242 e. The molecule has 0 radical (unpaired) electrons. The first-order valence-corrected chi connectivity index (χ1v) is 8.26. The minimum atomic E-state index is -0.973. The van der Waals surface area contributed by atoms with E-state index in [0.29, 0.717) is 24.9 Å². The highest BCUT2D eigenvalue weighted by Gasteiger charge is 2.47. The Bertz CT molecular complexity index is 839. The fourth-order valence-corrected chi connectivity index (χ4v) is 2.94. The molecule has 1 atom stereocenters. The number of carbonyl (C=O) groups excluding carboxylic acids is 2. The normalized spacial score (nSPS) is 19.4. The number of benzene rings is 1. The van der Waals surface area contributed by atoms with Gasteiger partial charge in [-0.2, -0.15) is 4.98 Å². The van der Waals surface area contributed by atoms with E-state index in [1.807, 2.05) is 6.92 Å². The van der Waals surface area contributed by atoms with Gasteiger partial charge in [0.25, 0.3) is 0 Å². The second-order valence-corrected chi connectivity index (χ2v) is 6.16. The maximum atomic E-state index is 13.1. The highest BCUT2D eigenvalue weighted by Crippen LogP contribution is 2.33. The number of nitrogens with one attached hydrogen (secondary N) is 2. The van der Waals surface area contributed by atoms with E-state index in [1.165, 1.54) is 6.07 Å². The summed E-state index contributed by atoms with van der Waals surface area (Å²) >= 11 is 0. The molecule has 1 fully saturated rings. The van der Waals surface area contributed by atoms with Crippen molar-refractivity contribution in [3.05, 3.63) is 47.1 Å². The van der Waals surface area contributed by atoms with Gasteiger partial charge in [0.15, 0.2) is 17.5 Å². The van der Waals surface area contributed by atoms with Gasteiger partial charge in [0.2, 0.25) is 17.7 Å². The largest absolute Gasteiger partial charge is 0.355 e. The van der Waals surface area contributed by atoms with Crippen molar-refractivity contribution in [1.82, 2.24) is 20.8 Å². The summed E-state index contributed by atoms with van der Waals surface area (Å²) < 4.78 is 31.2. The van der Waals surface area contributed by atoms with E-state index in [2.05, 4.69) is 20.8 Å². The molecule has 7 nitrogen and oxygen atoms in total. The Kier molecular flexibility index (Phi) is 4.97. The molecule has 1 aliphatic heterocycles. The van der Waals surface area contributed by atoms with Crippen molar-refractivity contribution < 1.29 is 22.9 Å². The number of carbonyl (C=O) groups is 2. The quantitative estimate of drug-likeness (QED) is 0.807. The first-order chi connectivity index (χ1) is 12.4. The zero-order valence-electron chi connectivity index (χ0n) is 14.1. The van der Waals surface area contributed by atoms with Gasteiger partial charge in [-0.3, -0.25) is 9.59 Å². The van der Waals surface area contributed by atoms with Crippen molar-refractivity contribution in [3.8, 4) is 0 Å². The van der Waals surface area contributed by atoms with Crippen LogP contribution in [0, 0.1) is 11.6 Å². The van der Waals surface area contributed by atoms with Crippen LogP contribution in [-0.4, -0.2) is 28.5 Å². The summed E-state index contributed by atoms with van der Waals surface area (Å²) in [6.07, 6.45) is 0.934. The van der Waals surface area contributed by atoms with Crippen LogP contribution in [0.4, 0.5) is 8.78 Å². The fraction of sp³-hybridized carbons (Fsp3) is 0.412. The SMILES string of the molecule is CCC1(c2nc(CC(=O)NCc3ccc(F)c(F)c3)no2)CCNC1=O. The Hall–Kier alpha value is -2.84. The summed E-state index contributed by atoms with van der Waals surface area (Å²) in [7, 11) is 0. The molecule has 0 saturated carbocycles. The maximum Gasteiger partial charge on any atom is 0.242 e. The number of nitrogens with zero attached hydrogens (tertiary/aromatic N) is 2. The predicted octanol–water partition coefficient (Wildman–Crippen LogP) is 1.37. The van der Waals surface area contributed by atoms with Crippen LogP contribution >= 0.6 is 0 Å². The highest BCUT2D eigenvalue weighted by atomic mass is 19.2. The van der Waals surface area contributed by atoms with Crippen molar-refractivity contribution in [1.29, 1.82) is 0 Å². The van der Waals surface area contributed by atoms with Crippen molar-refractivity contribution in [3.63, 3.8) is 0 Å². The van der Waals surface area contributed by atoms with Crippen molar-refractivity contribution in [2.45, 2.75) is 38.1 Å². The van der Waals surface area contributed by atoms with E-state index >= 15 is 0 Å². The lowest BCUT2D eigenvalue weighted by atomic mass is 9.83.